The van der Waals surface area contributed by atoms with Crippen LogP contribution in [0.25, 0.3) is 0 Å². The predicted octanol–water partition coefficient (Wildman–Crippen LogP) is 2.23. The summed E-state index contributed by atoms with van der Waals surface area (Å²) in [6.45, 7) is 0.594. The second-order valence-corrected chi connectivity index (χ2v) is 4.05. The van der Waals surface area contributed by atoms with Crippen molar-refractivity contribution in [3.63, 3.8) is 0 Å². The Morgan fingerprint density at radius 2 is 2.00 bits per heavy atom. The topological polar surface area (TPSA) is 94.1 Å². The molecule has 19 heavy (non-hydrogen) atoms. The number of pyridine rings is 1. The fourth-order valence-corrected chi connectivity index (χ4v) is 1.71. The molecule has 2 aromatic rings. The number of hydrogen-bond donors (Lipinski definition) is 2. The van der Waals surface area contributed by atoms with E-state index in [-0.39, 0.29) is 5.82 Å². The standard InChI is InChI=1S/C13H14N4O2/c14-11-5-3-10(4-6-11)7-9-15-12-2-1-8-16-13(12)17(18)19/h1-6,8,15H,7,9,14H2. The molecule has 0 atom stereocenters. The van der Waals surface area contributed by atoms with Crippen molar-refractivity contribution in [1.82, 2.24) is 4.98 Å². The lowest BCUT2D eigenvalue weighted by molar-refractivity contribution is -0.388. The van der Waals surface area contributed by atoms with Crippen LogP contribution in [0.4, 0.5) is 17.2 Å². The van der Waals surface area contributed by atoms with Gasteiger partial charge in [0.2, 0.25) is 0 Å². The molecule has 0 unspecified atom stereocenters. The van der Waals surface area contributed by atoms with Gasteiger partial charge in [0.15, 0.2) is 0 Å². The molecule has 0 spiro atoms. The molecule has 0 amide bonds. The fraction of sp³-hybridized carbons (Fsp3) is 0.154. The summed E-state index contributed by atoms with van der Waals surface area (Å²) in [5.41, 5.74) is 7.87. The van der Waals surface area contributed by atoms with Gasteiger partial charge in [-0.05, 0) is 46.2 Å². The first-order valence-corrected chi connectivity index (χ1v) is 5.84. The molecule has 0 fully saturated rings. The highest BCUT2D eigenvalue weighted by Gasteiger charge is 2.12. The molecule has 0 bridgehead atoms. The van der Waals surface area contributed by atoms with Gasteiger partial charge in [-0.1, -0.05) is 12.1 Å². The number of nitro groups is 1. The van der Waals surface area contributed by atoms with Crippen molar-refractivity contribution in [3.05, 3.63) is 58.3 Å². The van der Waals surface area contributed by atoms with Crippen LogP contribution in [0.5, 0.6) is 0 Å². The highest BCUT2D eigenvalue weighted by Crippen LogP contribution is 2.19. The van der Waals surface area contributed by atoms with E-state index >= 15 is 0 Å². The van der Waals surface area contributed by atoms with Gasteiger partial charge < -0.3 is 21.2 Å². The van der Waals surface area contributed by atoms with Crippen molar-refractivity contribution in [3.8, 4) is 0 Å². The average Bonchev–Trinajstić information content (AvgIpc) is 2.41. The number of nitrogens with two attached hydrogens (primary N) is 1. The molecule has 2 rings (SSSR count). The number of benzene rings is 1. The van der Waals surface area contributed by atoms with Crippen molar-refractivity contribution in [2.45, 2.75) is 6.42 Å². The van der Waals surface area contributed by atoms with Crippen molar-refractivity contribution >= 4 is 17.2 Å². The first kappa shape index (κ1) is 12.8. The van der Waals surface area contributed by atoms with E-state index in [0.29, 0.717) is 12.2 Å². The first-order valence-electron chi connectivity index (χ1n) is 5.84. The highest BCUT2D eigenvalue weighted by atomic mass is 16.6. The van der Waals surface area contributed by atoms with Crippen LogP contribution in [0.3, 0.4) is 0 Å². The van der Waals surface area contributed by atoms with Gasteiger partial charge in [0.05, 0.1) is 0 Å². The first-order chi connectivity index (χ1) is 9.16. The number of nitrogens with zero attached hydrogens (tertiary/aromatic N) is 2. The monoisotopic (exact) mass is 258 g/mol. The SMILES string of the molecule is Nc1ccc(CCNc2cccnc2[N+](=O)[O-])cc1. The van der Waals surface area contributed by atoms with Gasteiger partial charge in [-0.2, -0.15) is 0 Å². The summed E-state index contributed by atoms with van der Waals surface area (Å²) in [5, 5.41) is 13.8. The maximum absolute atomic E-state index is 10.8. The summed E-state index contributed by atoms with van der Waals surface area (Å²) >= 11 is 0. The quantitative estimate of drug-likeness (QED) is 0.487. The smallest absolute Gasteiger partial charge is 0.386 e. The maximum Gasteiger partial charge on any atom is 0.386 e. The minimum absolute atomic E-state index is 0.153. The van der Waals surface area contributed by atoms with Gasteiger partial charge in [-0.25, -0.2) is 0 Å². The van der Waals surface area contributed by atoms with Crippen molar-refractivity contribution in [1.29, 1.82) is 0 Å². The highest BCUT2D eigenvalue weighted by molar-refractivity contribution is 5.56. The average molecular weight is 258 g/mol. The van der Waals surface area contributed by atoms with Crippen molar-refractivity contribution < 1.29 is 4.92 Å². The third-order valence-electron chi connectivity index (χ3n) is 2.67. The molecule has 98 valence electrons. The Bertz CT molecular complexity index is 569. The number of nitrogen functional groups attached to an aromatic ring is 1. The molecular formula is C13H14N4O2. The van der Waals surface area contributed by atoms with Gasteiger partial charge in [-0.3, -0.25) is 0 Å². The summed E-state index contributed by atoms with van der Waals surface area (Å²) < 4.78 is 0. The Kier molecular flexibility index (Phi) is 3.92. The van der Waals surface area contributed by atoms with Crippen molar-refractivity contribution in [2.24, 2.45) is 0 Å². The van der Waals surface area contributed by atoms with E-state index in [1.807, 2.05) is 24.3 Å². The Morgan fingerprint density at radius 1 is 1.26 bits per heavy atom. The molecule has 0 saturated carbocycles. The largest absolute Gasteiger partial charge is 0.399 e. The van der Waals surface area contributed by atoms with Crippen LogP contribution >= 0.6 is 0 Å². The predicted molar refractivity (Wildman–Crippen MR) is 73.9 cm³/mol. The zero-order chi connectivity index (χ0) is 13.7. The molecule has 1 aromatic heterocycles. The molecule has 1 heterocycles. The molecule has 0 aliphatic carbocycles. The van der Waals surface area contributed by atoms with Crippen LogP contribution in [0.2, 0.25) is 0 Å². The van der Waals surface area contributed by atoms with Crippen LogP contribution in [0.15, 0.2) is 42.6 Å². The molecule has 0 aliphatic heterocycles. The molecular weight excluding hydrogens is 244 g/mol. The molecule has 1 aromatic carbocycles. The van der Waals surface area contributed by atoms with Gasteiger partial charge in [-0.15, -0.1) is 0 Å². The normalized spacial score (nSPS) is 10.1. The lowest BCUT2D eigenvalue weighted by Gasteiger charge is -2.06. The zero-order valence-corrected chi connectivity index (χ0v) is 10.2. The lowest BCUT2D eigenvalue weighted by Crippen LogP contribution is -2.07. The Hall–Kier alpha value is -2.63. The van der Waals surface area contributed by atoms with E-state index in [0.717, 1.165) is 17.7 Å². The molecule has 0 saturated heterocycles. The van der Waals surface area contributed by atoms with Gasteiger partial charge in [0.25, 0.3) is 0 Å². The number of hydrogen-bond acceptors (Lipinski definition) is 5. The minimum atomic E-state index is -0.494. The summed E-state index contributed by atoms with van der Waals surface area (Å²) in [6, 6.07) is 10.9. The van der Waals surface area contributed by atoms with Crippen molar-refractivity contribution in [2.75, 3.05) is 17.6 Å². The Balaban J connectivity index is 1.96. The van der Waals surface area contributed by atoms with Gasteiger partial charge in [0, 0.05) is 12.2 Å². The summed E-state index contributed by atoms with van der Waals surface area (Å²) in [4.78, 5) is 14.0. The van der Waals surface area contributed by atoms with Gasteiger partial charge >= 0.3 is 5.82 Å². The fourth-order valence-electron chi connectivity index (χ4n) is 1.71. The summed E-state index contributed by atoms with van der Waals surface area (Å²) in [5.74, 6) is -0.153. The van der Waals surface area contributed by atoms with Crippen LogP contribution in [0.1, 0.15) is 5.56 Å². The number of nitrogens with one attached hydrogen (secondary N) is 1. The van der Waals surface area contributed by atoms with E-state index in [1.165, 1.54) is 6.20 Å². The summed E-state index contributed by atoms with van der Waals surface area (Å²) in [6.07, 6.45) is 2.16. The number of anilines is 2. The third kappa shape index (κ3) is 3.41. The number of aromatic nitrogens is 1. The minimum Gasteiger partial charge on any atom is -0.399 e. The molecule has 3 N–H and O–H groups in total. The maximum atomic E-state index is 10.8. The van der Waals surface area contributed by atoms with Gasteiger partial charge in [0.1, 0.15) is 11.9 Å². The molecule has 6 nitrogen and oxygen atoms in total. The van der Waals surface area contributed by atoms with E-state index < -0.39 is 4.92 Å². The molecule has 6 heteroatoms. The molecule has 0 radical (unpaired) electrons. The Morgan fingerprint density at radius 3 is 2.68 bits per heavy atom. The van der Waals surface area contributed by atoms with E-state index in [4.69, 9.17) is 5.73 Å². The van der Waals surface area contributed by atoms with Crippen LogP contribution in [-0.2, 0) is 6.42 Å². The second kappa shape index (κ2) is 5.81. The zero-order valence-electron chi connectivity index (χ0n) is 10.2. The van der Waals surface area contributed by atoms with Crippen LogP contribution in [0, 0.1) is 10.1 Å². The Labute approximate surface area is 110 Å². The van der Waals surface area contributed by atoms with E-state index in [2.05, 4.69) is 10.3 Å². The van der Waals surface area contributed by atoms with Crippen LogP contribution in [-0.4, -0.2) is 16.5 Å². The summed E-state index contributed by atoms with van der Waals surface area (Å²) in [7, 11) is 0. The number of rotatable bonds is 5. The lowest BCUT2D eigenvalue weighted by atomic mass is 10.1. The molecule has 0 aliphatic rings. The second-order valence-electron chi connectivity index (χ2n) is 4.05. The van der Waals surface area contributed by atoms with E-state index in [9.17, 15) is 10.1 Å². The van der Waals surface area contributed by atoms with E-state index in [1.54, 1.807) is 12.1 Å². The van der Waals surface area contributed by atoms with Crippen LogP contribution < -0.4 is 11.1 Å². The third-order valence-corrected chi connectivity index (χ3v) is 2.67.